The highest BCUT2D eigenvalue weighted by Crippen LogP contribution is 2.30. The van der Waals surface area contributed by atoms with Gasteiger partial charge >= 0.3 is 0 Å². The van der Waals surface area contributed by atoms with E-state index in [9.17, 15) is 21.6 Å². The number of hydrogen-bond donors (Lipinski definition) is 2. The van der Waals surface area contributed by atoms with E-state index >= 15 is 0 Å². The Hall–Kier alpha value is -5.07. The van der Waals surface area contributed by atoms with Crippen LogP contribution in [-0.4, -0.2) is 32.7 Å². The molecule has 1 heterocycles. The molecule has 44 heavy (non-hydrogen) atoms. The number of sulfonamides is 2. The minimum absolute atomic E-state index is 0.00784. The third-order valence-electron chi connectivity index (χ3n) is 6.55. The first-order chi connectivity index (χ1) is 21.0. The van der Waals surface area contributed by atoms with Crippen molar-refractivity contribution < 1.29 is 21.6 Å². The molecule has 12 heteroatoms. The van der Waals surface area contributed by atoms with Crippen molar-refractivity contribution in [3.8, 4) is 0 Å². The van der Waals surface area contributed by atoms with Crippen molar-refractivity contribution in [2.75, 3.05) is 14.3 Å². The largest absolute Gasteiger partial charge is 0.322 e. The van der Waals surface area contributed by atoms with Crippen molar-refractivity contribution in [3.63, 3.8) is 0 Å². The smallest absolute Gasteiger partial charge is 0.264 e. The van der Waals surface area contributed by atoms with Crippen LogP contribution in [0.3, 0.4) is 0 Å². The molecule has 1 amide bonds. The lowest BCUT2D eigenvalue weighted by Crippen LogP contribution is -2.32. The molecule has 0 aliphatic heterocycles. The lowest BCUT2D eigenvalue weighted by molar-refractivity contribution is 0.102. The average Bonchev–Trinajstić information content (AvgIpc) is 3.00. The highest BCUT2D eigenvalue weighted by molar-refractivity contribution is 7.93. The van der Waals surface area contributed by atoms with E-state index in [1.165, 1.54) is 46.8 Å². The number of hydrogen-bond acceptors (Lipinski definition) is 7. The molecule has 0 unspecified atom stereocenters. The van der Waals surface area contributed by atoms with Gasteiger partial charge in [0.1, 0.15) is 0 Å². The number of carbonyl (C=O) groups is 1. The number of aromatic nitrogens is 2. The molecule has 0 saturated carbocycles. The molecular formula is C32H29N5O5S2. The van der Waals surface area contributed by atoms with Gasteiger partial charge in [-0.05, 0) is 74.0 Å². The van der Waals surface area contributed by atoms with Crippen LogP contribution in [0.15, 0.2) is 125 Å². The minimum atomic E-state index is -4.07. The van der Waals surface area contributed by atoms with Gasteiger partial charge in [0.15, 0.2) is 0 Å². The van der Waals surface area contributed by atoms with Crippen LogP contribution in [0.1, 0.15) is 27.3 Å². The van der Waals surface area contributed by atoms with Gasteiger partial charge in [-0.25, -0.2) is 31.5 Å². The molecule has 0 atom stereocenters. The standard InChI is InChI=1S/C32H29N5O5S2/c1-23-21-24(2)34-32(33-23)36-43(39,40)27-19-17-26(18-20-27)35-31(38)29-15-9-10-16-30(29)37(22-25-11-5-3-6-12-25)44(41,42)28-13-7-4-8-14-28/h3-21H,22H2,1-2H3,(H,35,38)(H,33,34,36). The topological polar surface area (TPSA) is 138 Å². The van der Waals surface area contributed by atoms with Gasteiger partial charge in [0.25, 0.3) is 26.0 Å². The molecule has 0 radical (unpaired) electrons. The lowest BCUT2D eigenvalue weighted by atomic mass is 10.1. The summed E-state index contributed by atoms with van der Waals surface area (Å²) in [5.41, 5.74) is 2.59. The summed E-state index contributed by atoms with van der Waals surface area (Å²) in [6, 6.07) is 30.8. The van der Waals surface area contributed by atoms with Gasteiger partial charge in [-0.2, -0.15) is 0 Å². The number of rotatable bonds is 10. The molecule has 4 aromatic carbocycles. The molecule has 0 bridgehead atoms. The maximum absolute atomic E-state index is 13.9. The maximum atomic E-state index is 13.9. The van der Waals surface area contributed by atoms with Crippen molar-refractivity contribution in [2.24, 2.45) is 0 Å². The summed E-state index contributed by atoms with van der Waals surface area (Å²) in [5.74, 6) is -0.610. The number of amides is 1. The second-order valence-electron chi connectivity index (χ2n) is 9.89. The fraction of sp³-hybridized carbons (Fsp3) is 0.0938. The first-order valence-electron chi connectivity index (χ1n) is 13.5. The first kappa shape index (κ1) is 30.4. The van der Waals surface area contributed by atoms with Crippen LogP contribution >= 0.6 is 0 Å². The van der Waals surface area contributed by atoms with E-state index in [1.807, 2.05) is 30.3 Å². The van der Waals surface area contributed by atoms with Crippen LogP contribution in [-0.2, 0) is 26.6 Å². The Labute approximate surface area is 256 Å². The predicted molar refractivity (Wildman–Crippen MR) is 169 cm³/mol. The summed E-state index contributed by atoms with van der Waals surface area (Å²) in [7, 11) is -8.06. The summed E-state index contributed by atoms with van der Waals surface area (Å²) < 4.78 is 57.2. The minimum Gasteiger partial charge on any atom is -0.322 e. The molecule has 0 aliphatic carbocycles. The Balaban J connectivity index is 1.42. The van der Waals surface area contributed by atoms with E-state index in [1.54, 1.807) is 56.3 Å². The number of aryl methyl sites for hydroxylation is 2. The summed E-state index contributed by atoms with van der Waals surface area (Å²) in [6.45, 7) is 3.46. The summed E-state index contributed by atoms with van der Waals surface area (Å²) >= 11 is 0. The van der Waals surface area contributed by atoms with Crippen molar-refractivity contribution >= 4 is 43.3 Å². The number of carbonyl (C=O) groups excluding carboxylic acids is 1. The summed E-state index contributed by atoms with van der Waals surface area (Å²) in [5, 5.41) is 2.75. The molecule has 0 fully saturated rings. The second kappa shape index (κ2) is 12.7. The van der Waals surface area contributed by atoms with Gasteiger partial charge in [0, 0.05) is 17.1 Å². The fourth-order valence-corrected chi connectivity index (χ4v) is 6.95. The third kappa shape index (κ3) is 6.93. The molecule has 5 rings (SSSR count). The van der Waals surface area contributed by atoms with Crippen LogP contribution in [0.25, 0.3) is 0 Å². The van der Waals surface area contributed by atoms with Crippen LogP contribution in [0.2, 0.25) is 0 Å². The van der Waals surface area contributed by atoms with Gasteiger partial charge in [-0.3, -0.25) is 9.10 Å². The van der Waals surface area contributed by atoms with Crippen LogP contribution in [0.4, 0.5) is 17.3 Å². The van der Waals surface area contributed by atoms with Crippen molar-refractivity contribution in [2.45, 2.75) is 30.2 Å². The van der Waals surface area contributed by atoms with Crippen molar-refractivity contribution in [1.82, 2.24) is 9.97 Å². The molecule has 1 aromatic heterocycles. The number of anilines is 3. The zero-order chi connectivity index (χ0) is 31.3. The lowest BCUT2D eigenvalue weighted by Gasteiger charge is -2.26. The highest BCUT2D eigenvalue weighted by Gasteiger charge is 2.28. The van der Waals surface area contributed by atoms with Gasteiger partial charge in [-0.1, -0.05) is 60.7 Å². The number of para-hydroxylation sites is 1. The highest BCUT2D eigenvalue weighted by atomic mass is 32.2. The average molecular weight is 628 g/mol. The van der Waals surface area contributed by atoms with E-state index < -0.39 is 26.0 Å². The summed E-state index contributed by atoms with van der Waals surface area (Å²) in [4.78, 5) is 21.8. The SMILES string of the molecule is Cc1cc(C)nc(NS(=O)(=O)c2ccc(NC(=O)c3ccccc3N(Cc3ccccc3)S(=O)(=O)c3ccccc3)cc2)n1. The second-order valence-corrected chi connectivity index (χ2v) is 13.4. The van der Waals surface area contributed by atoms with Gasteiger partial charge in [0.2, 0.25) is 5.95 Å². The molecular weight excluding hydrogens is 599 g/mol. The van der Waals surface area contributed by atoms with E-state index in [4.69, 9.17) is 0 Å². The van der Waals surface area contributed by atoms with Gasteiger partial charge in [0.05, 0.1) is 27.6 Å². The first-order valence-corrected chi connectivity index (χ1v) is 16.4. The normalized spacial score (nSPS) is 11.5. The fourth-order valence-electron chi connectivity index (χ4n) is 4.52. The van der Waals surface area contributed by atoms with Crippen LogP contribution < -0.4 is 14.3 Å². The van der Waals surface area contributed by atoms with E-state index in [0.29, 0.717) is 17.1 Å². The van der Waals surface area contributed by atoms with E-state index in [2.05, 4.69) is 20.0 Å². The molecule has 0 saturated heterocycles. The van der Waals surface area contributed by atoms with Crippen molar-refractivity contribution in [1.29, 1.82) is 0 Å². The van der Waals surface area contributed by atoms with Crippen molar-refractivity contribution in [3.05, 3.63) is 138 Å². The Morgan fingerprint density at radius 3 is 1.91 bits per heavy atom. The van der Waals surface area contributed by atoms with Crippen LogP contribution in [0, 0.1) is 13.8 Å². The van der Waals surface area contributed by atoms with E-state index in [0.717, 1.165) is 5.56 Å². The molecule has 0 spiro atoms. The molecule has 10 nitrogen and oxygen atoms in total. The Morgan fingerprint density at radius 1 is 0.705 bits per heavy atom. The van der Waals surface area contributed by atoms with E-state index in [-0.39, 0.29) is 33.5 Å². The quantitative estimate of drug-likeness (QED) is 0.207. The Morgan fingerprint density at radius 2 is 1.27 bits per heavy atom. The summed E-state index contributed by atoms with van der Waals surface area (Å²) in [6.07, 6.45) is 0. The number of benzene rings is 4. The Bertz CT molecular complexity index is 1980. The molecule has 0 aliphatic rings. The number of nitrogens with one attached hydrogen (secondary N) is 2. The Kier molecular flexibility index (Phi) is 8.74. The van der Waals surface area contributed by atoms with Gasteiger partial charge in [-0.15, -0.1) is 0 Å². The third-order valence-corrected chi connectivity index (χ3v) is 9.67. The predicted octanol–water partition coefficient (Wildman–Crippen LogP) is 5.54. The zero-order valence-corrected chi connectivity index (χ0v) is 25.5. The van der Waals surface area contributed by atoms with Gasteiger partial charge < -0.3 is 5.32 Å². The molecule has 224 valence electrons. The monoisotopic (exact) mass is 627 g/mol. The molecule has 2 N–H and O–H groups in total. The molecule has 5 aromatic rings. The van der Waals surface area contributed by atoms with Crippen LogP contribution in [0.5, 0.6) is 0 Å². The number of nitrogens with zero attached hydrogens (tertiary/aromatic N) is 3. The maximum Gasteiger partial charge on any atom is 0.264 e. The zero-order valence-electron chi connectivity index (χ0n) is 23.9.